The molecule has 2 N–H and O–H groups in total. The van der Waals surface area contributed by atoms with Crippen molar-refractivity contribution >= 4 is 29.7 Å². The van der Waals surface area contributed by atoms with E-state index < -0.39 is 17.8 Å². The second kappa shape index (κ2) is 9.53. The number of carbonyl (C=O) groups excluding carboxylic acids is 2. The maximum absolute atomic E-state index is 13.0. The molecular formula is C18H15ClF2N2O3. The summed E-state index contributed by atoms with van der Waals surface area (Å²) in [5, 5.41) is 0.152. The summed E-state index contributed by atoms with van der Waals surface area (Å²) in [5.41, 5.74) is 5.30. The largest absolute Gasteiger partial charge is 0.448 e. The summed E-state index contributed by atoms with van der Waals surface area (Å²) < 4.78 is 30.8. The highest BCUT2D eigenvalue weighted by Crippen LogP contribution is 2.18. The van der Waals surface area contributed by atoms with E-state index in [1.165, 1.54) is 30.3 Å². The normalized spacial score (nSPS) is 10.6. The van der Waals surface area contributed by atoms with Gasteiger partial charge in [-0.1, -0.05) is 29.8 Å². The van der Waals surface area contributed by atoms with Crippen LogP contribution in [-0.2, 0) is 16.0 Å². The number of hydrogen-bond acceptors (Lipinski definition) is 3. The van der Waals surface area contributed by atoms with E-state index >= 15 is 0 Å². The highest BCUT2D eigenvalue weighted by atomic mass is 35.5. The molecule has 5 nitrogen and oxygen atoms in total. The number of halogens is 3. The Kier molecular flexibility index (Phi) is 7.11. The van der Waals surface area contributed by atoms with Gasteiger partial charge >= 0.3 is 6.09 Å². The Morgan fingerprint density at radius 3 is 2.58 bits per heavy atom. The Bertz CT molecular complexity index is 828. The molecule has 0 saturated carbocycles. The maximum atomic E-state index is 13.0. The van der Waals surface area contributed by atoms with Crippen LogP contribution in [0.5, 0.6) is 0 Å². The number of carbonyl (C=O) groups is 2. The van der Waals surface area contributed by atoms with Crippen molar-refractivity contribution in [1.82, 2.24) is 10.9 Å². The molecule has 2 aromatic carbocycles. The van der Waals surface area contributed by atoms with Gasteiger partial charge in [0.1, 0.15) is 11.6 Å². The van der Waals surface area contributed by atoms with Crippen LogP contribution in [-0.4, -0.2) is 18.6 Å². The van der Waals surface area contributed by atoms with Crippen molar-refractivity contribution in [3.63, 3.8) is 0 Å². The van der Waals surface area contributed by atoms with Crippen LogP contribution in [0.15, 0.2) is 48.5 Å². The molecule has 2 aromatic rings. The van der Waals surface area contributed by atoms with E-state index in [4.69, 9.17) is 16.3 Å². The first-order chi connectivity index (χ1) is 12.4. The summed E-state index contributed by atoms with van der Waals surface area (Å²) in [6.45, 7) is 0.0200. The minimum absolute atomic E-state index is 0.0200. The average Bonchev–Trinajstić information content (AvgIpc) is 2.59. The molecule has 0 unspecified atom stereocenters. The Labute approximate surface area is 153 Å². The number of amides is 2. The molecule has 0 atom stereocenters. The molecule has 0 aromatic heterocycles. The van der Waals surface area contributed by atoms with Crippen LogP contribution >= 0.6 is 11.6 Å². The van der Waals surface area contributed by atoms with Crippen LogP contribution in [0.3, 0.4) is 0 Å². The summed E-state index contributed by atoms with van der Waals surface area (Å²) in [6.07, 6.45) is 1.96. The first-order valence-electron chi connectivity index (χ1n) is 7.54. The molecule has 0 radical (unpaired) electrons. The van der Waals surface area contributed by atoms with E-state index in [1.54, 1.807) is 12.1 Å². The van der Waals surface area contributed by atoms with Gasteiger partial charge in [0.05, 0.1) is 11.6 Å². The number of ether oxygens (including phenoxy) is 1. The summed E-state index contributed by atoms with van der Waals surface area (Å²) >= 11 is 5.82. The minimum Gasteiger partial charge on any atom is -0.448 e. The van der Waals surface area contributed by atoms with Gasteiger partial charge in [-0.3, -0.25) is 10.2 Å². The molecule has 136 valence electrons. The second-order valence-electron chi connectivity index (χ2n) is 5.13. The average molecular weight is 381 g/mol. The summed E-state index contributed by atoms with van der Waals surface area (Å²) in [7, 11) is 0. The fourth-order valence-electron chi connectivity index (χ4n) is 1.95. The highest BCUT2D eigenvalue weighted by molar-refractivity contribution is 6.32. The van der Waals surface area contributed by atoms with Gasteiger partial charge in [0.25, 0.3) is 5.91 Å². The van der Waals surface area contributed by atoms with Gasteiger partial charge < -0.3 is 4.74 Å². The lowest BCUT2D eigenvalue weighted by molar-refractivity contribution is -0.117. The number of rotatable bonds is 5. The van der Waals surface area contributed by atoms with Crippen molar-refractivity contribution in [3.05, 3.63) is 76.3 Å². The molecule has 0 aliphatic carbocycles. The fourth-order valence-corrected chi connectivity index (χ4v) is 2.18. The zero-order valence-electron chi connectivity index (χ0n) is 13.5. The van der Waals surface area contributed by atoms with E-state index in [2.05, 4.69) is 10.9 Å². The fraction of sp³-hybridized carbons (Fsp3) is 0.111. The lowest BCUT2D eigenvalue weighted by atomic mass is 10.2. The predicted octanol–water partition coefficient (Wildman–Crippen LogP) is 3.63. The molecule has 26 heavy (non-hydrogen) atoms. The molecule has 0 heterocycles. The topological polar surface area (TPSA) is 67.4 Å². The van der Waals surface area contributed by atoms with Crippen LogP contribution in [0.1, 0.15) is 11.1 Å². The quantitative estimate of drug-likeness (QED) is 0.615. The molecule has 0 bridgehead atoms. The molecule has 2 rings (SSSR count). The van der Waals surface area contributed by atoms with E-state index in [-0.39, 0.29) is 17.4 Å². The molecule has 0 saturated heterocycles. The standard InChI is InChI=1S/C18H15ClF2N2O3/c19-16-11-15(21)6-4-13(16)5-7-17(24)22-23-18(25)26-9-8-12-2-1-3-14(20)10-12/h1-7,10-11H,8-9H2,(H,22,24)(H,23,25)/b7-5+. The van der Waals surface area contributed by atoms with Gasteiger partial charge in [0.2, 0.25) is 0 Å². The molecule has 0 aliphatic rings. The zero-order chi connectivity index (χ0) is 18.9. The van der Waals surface area contributed by atoms with Crippen molar-refractivity contribution in [3.8, 4) is 0 Å². The van der Waals surface area contributed by atoms with Crippen LogP contribution in [0.2, 0.25) is 5.02 Å². The third-order valence-corrected chi connectivity index (χ3v) is 3.50. The van der Waals surface area contributed by atoms with E-state index in [0.717, 1.165) is 12.1 Å². The number of hydrogen-bond donors (Lipinski definition) is 2. The van der Waals surface area contributed by atoms with Crippen LogP contribution < -0.4 is 10.9 Å². The van der Waals surface area contributed by atoms with E-state index in [9.17, 15) is 18.4 Å². The van der Waals surface area contributed by atoms with Gasteiger partial charge in [-0.25, -0.2) is 19.0 Å². The van der Waals surface area contributed by atoms with Crippen molar-refractivity contribution in [1.29, 1.82) is 0 Å². The molecule has 0 fully saturated rings. The Hall–Kier alpha value is -2.93. The first-order valence-corrected chi connectivity index (χ1v) is 7.92. The van der Waals surface area contributed by atoms with E-state index in [1.807, 2.05) is 0 Å². The Balaban J connectivity index is 1.71. The second-order valence-corrected chi connectivity index (χ2v) is 5.54. The van der Waals surface area contributed by atoms with Gasteiger partial charge in [-0.2, -0.15) is 0 Å². The lowest BCUT2D eigenvalue weighted by Crippen LogP contribution is -2.41. The predicted molar refractivity (Wildman–Crippen MR) is 93.2 cm³/mol. The molecule has 8 heteroatoms. The molecule has 0 spiro atoms. The van der Waals surface area contributed by atoms with E-state index in [0.29, 0.717) is 17.5 Å². The zero-order valence-corrected chi connectivity index (χ0v) is 14.2. The van der Waals surface area contributed by atoms with Gasteiger partial charge in [-0.15, -0.1) is 0 Å². The Morgan fingerprint density at radius 1 is 1.08 bits per heavy atom. The van der Waals surface area contributed by atoms with Crippen molar-refractivity contribution in [2.45, 2.75) is 6.42 Å². The molecular weight excluding hydrogens is 366 g/mol. The number of benzene rings is 2. The monoisotopic (exact) mass is 380 g/mol. The van der Waals surface area contributed by atoms with Gasteiger partial charge in [-0.05, 0) is 41.5 Å². The lowest BCUT2D eigenvalue weighted by Gasteiger charge is -2.07. The summed E-state index contributed by atoms with van der Waals surface area (Å²) in [6, 6.07) is 9.66. The van der Waals surface area contributed by atoms with Gasteiger partial charge in [0, 0.05) is 12.5 Å². The Morgan fingerprint density at radius 2 is 1.85 bits per heavy atom. The number of nitrogens with one attached hydrogen (secondary N) is 2. The van der Waals surface area contributed by atoms with Gasteiger partial charge in [0.15, 0.2) is 0 Å². The van der Waals surface area contributed by atoms with Crippen LogP contribution in [0.4, 0.5) is 13.6 Å². The molecule has 2 amide bonds. The smallest absolute Gasteiger partial charge is 0.426 e. The summed E-state index contributed by atoms with van der Waals surface area (Å²) in [5.74, 6) is -1.49. The first kappa shape index (κ1) is 19.4. The summed E-state index contributed by atoms with van der Waals surface area (Å²) in [4.78, 5) is 23.1. The van der Waals surface area contributed by atoms with Crippen molar-refractivity contribution in [2.75, 3.05) is 6.61 Å². The van der Waals surface area contributed by atoms with Crippen LogP contribution in [0, 0.1) is 11.6 Å². The number of hydrazine groups is 1. The molecule has 0 aliphatic heterocycles. The third-order valence-electron chi connectivity index (χ3n) is 3.18. The SMILES string of the molecule is O=C(/C=C/c1ccc(F)cc1Cl)NNC(=O)OCCc1cccc(F)c1. The van der Waals surface area contributed by atoms with Crippen molar-refractivity contribution in [2.24, 2.45) is 0 Å². The third kappa shape index (κ3) is 6.52. The van der Waals surface area contributed by atoms with Crippen LogP contribution in [0.25, 0.3) is 6.08 Å². The van der Waals surface area contributed by atoms with Crippen molar-refractivity contribution < 1.29 is 23.1 Å². The minimum atomic E-state index is -0.858. The maximum Gasteiger partial charge on any atom is 0.426 e. The highest BCUT2D eigenvalue weighted by Gasteiger charge is 2.04.